The summed E-state index contributed by atoms with van der Waals surface area (Å²) in [6, 6.07) is 5.97. The van der Waals surface area contributed by atoms with Gasteiger partial charge in [-0.15, -0.1) is 0 Å². The molecule has 22 heavy (non-hydrogen) atoms. The van der Waals surface area contributed by atoms with Crippen LogP contribution in [0.25, 0.3) is 4.96 Å². The Morgan fingerprint density at radius 1 is 1.36 bits per heavy atom. The summed E-state index contributed by atoms with van der Waals surface area (Å²) in [6.45, 7) is 6.07. The number of benzene rings is 1. The first-order valence-corrected chi connectivity index (χ1v) is 7.68. The molecule has 0 unspecified atom stereocenters. The monoisotopic (exact) mass is 316 g/mol. The number of carboxylic acids is 1. The summed E-state index contributed by atoms with van der Waals surface area (Å²) in [4.78, 5) is 16.6. The molecule has 0 saturated carbocycles. The van der Waals surface area contributed by atoms with Crippen molar-refractivity contribution in [2.24, 2.45) is 0 Å². The molecule has 0 amide bonds. The van der Waals surface area contributed by atoms with Gasteiger partial charge in [-0.25, -0.2) is 9.78 Å². The molecule has 0 fully saturated rings. The van der Waals surface area contributed by atoms with Gasteiger partial charge < -0.3 is 9.84 Å². The number of ether oxygens (including phenoxy) is 1. The zero-order valence-corrected chi connectivity index (χ0v) is 13.4. The zero-order valence-electron chi connectivity index (χ0n) is 12.6. The molecule has 6 heteroatoms. The van der Waals surface area contributed by atoms with Gasteiger partial charge in [0.2, 0.25) is 0 Å². The van der Waals surface area contributed by atoms with Gasteiger partial charge in [-0.3, -0.25) is 4.40 Å². The van der Waals surface area contributed by atoms with Crippen LogP contribution in [0.1, 0.15) is 32.2 Å². The van der Waals surface area contributed by atoms with Gasteiger partial charge in [-0.1, -0.05) is 23.5 Å². The summed E-state index contributed by atoms with van der Waals surface area (Å²) < 4.78 is 7.73. The molecule has 2 aromatic heterocycles. The molecule has 0 radical (unpaired) electrons. The highest BCUT2D eigenvalue weighted by Crippen LogP contribution is 2.27. The molecule has 5 nitrogen and oxygen atoms in total. The second-order valence-electron chi connectivity index (χ2n) is 5.26. The maximum atomic E-state index is 11.4. The number of imidazole rings is 1. The minimum Gasteiger partial charge on any atom is -0.487 e. The number of thiazole rings is 1. The second kappa shape index (κ2) is 5.46. The van der Waals surface area contributed by atoms with Crippen LogP contribution in [-0.4, -0.2) is 20.5 Å². The minimum absolute atomic E-state index is 0.198. The normalized spacial score (nSPS) is 11.0. The molecule has 0 atom stereocenters. The zero-order chi connectivity index (χ0) is 15.9. The van der Waals surface area contributed by atoms with Crippen LogP contribution in [-0.2, 0) is 6.61 Å². The number of carbonyl (C=O) groups is 1. The van der Waals surface area contributed by atoms with Crippen molar-refractivity contribution in [3.8, 4) is 5.75 Å². The van der Waals surface area contributed by atoms with Crippen molar-refractivity contribution in [1.82, 2.24) is 9.38 Å². The van der Waals surface area contributed by atoms with E-state index in [0.717, 1.165) is 22.6 Å². The molecule has 3 rings (SSSR count). The molecule has 0 aliphatic carbocycles. The number of aryl methyl sites for hydroxylation is 3. The predicted octanol–water partition coefficient (Wildman–Crippen LogP) is 3.60. The fourth-order valence-corrected chi connectivity index (χ4v) is 3.36. The van der Waals surface area contributed by atoms with E-state index in [9.17, 15) is 9.90 Å². The Hall–Kier alpha value is -2.34. The van der Waals surface area contributed by atoms with Gasteiger partial charge in [0.15, 0.2) is 4.96 Å². The van der Waals surface area contributed by atoms with Crippen molar-refractivity contribution in [2.45, 2.75) is 27.4 Å². The molecule has 114 valence electrons. The van der Waals surface area contributed by atoms with Crippen LogP contribution in [0.5, 0.6) is 5.75 Å². The van der Waals surface area contributed by atoms with Crippen molar-refractivity contribution in [3.05, 3.63) is 51.8 Å². The Balaban J connectivity index is 1.99. The molecule has 3 aromatic rings. The topological polar surface area (TPSA) is 63.8 Å². The van der Waals surface area contributed by atoms with Crippen molar-refractivity contribution < 1.29 is 14.6 Å². The van der Waals surface area contributed by atoms with Gasteiger partial charge >= 0.3 is 5.97 Å². The summed E-state index contributed by atoms with van der Waals surface area (Å²) >= 11 is 1.17. The smallest absolute Gasteiger partial charge is 0.347 e. The van der Waals surface area contributed by atoms with Crippen LogP contribution in [0.3, 0.4) is 0 Å². The average Bonchev–Trinajstić information content (AvgIpc) is 3.00. The Bertz CT molecular complexity index is 864. The minimum atomic E-state index is -0.950. The number of nitrogens with zero attached hydrogens (tertiary/aromatic N) is 2. The fraction of sp³-hybridized carbons (Fsp3) is 0.250. The number of hydrogen-bond donors (Lipinski definition) is 1. The largest absolute Gasteiger partial charge is 0.487 e. The fourth-order valence-electron chi connectivity index (χ4n) is 2.37. The highest BCUT2D eigenvalue weighted by molar-refractivity contribution is 7.19. The van der Waals surface area contributed by atoms with Gasteiger partial charge in [0.05, 0.1) is 5.69 Å². The molecule has 0 spiro atoms. The van der Waals surface area contributed by atoms with Crippen molar-refractivity contribution in [2.75, 3.05) is 0 Å². The van der Waals surface area contributed by atoms with Crippen LogP contribution in [0.2, 0.25) is 0 Å². The van der Waals surface area contributed by atoms with Gasteiger partial charge in [0.25, 0.3) is 0 Å². The summed E-state index contributed by atoms with van der Waals surface area (Å²) in [5.41, 5.74) is 3.66. The van der Waals surface area contributed by atoms with Gasteiger partial charge in [-0.05, 0) is 38.0 Å². The van der Waals surface area contributed by atoms with E-state index in [2.05, 4.69) is 4.98 Å². The molecule has 2 heterocycles. The van der Waals surface area contributed by atoms with E-state index in [-0.39, 0.29) is 11.5 Å². The number of aromatic nitrogens is 2. The van der Waals surface area contributed by atoms with Crippen molar-refractivity contribution >= 4 is 22.3 Å². The van der Waals surface area contributed by atoms with E-state index >= 15 is 0 Å². The molecular weight excluding hydrogens is 300 g/mol. The summed E-state index contributed by atoms with van der Waals surface area (Å²) in [5.74, 6) is -0.178. The van der Waals surface area contributed by atoms with E-state index < -0.39 is 5.97 Å². The van der Waals surface area contributed by atoms with Crippen LogP contribution in [0.4, 0.5) is 0 Å². The molecule has 0 saturated heterocycles. The molecular formula is C16H16N2O3S. The summed E-state index contributed by atoms with van der Waals surface area (Å²) in [5, 5.41) is 9.39. The Kier molecular flexibility index (Phi) is 3.62. The SMILES string of the molecule is Cc1ccc(C)c(OCc2c(C(=O)O)sc3ncc(C)n23)c1. The van der Waals surface area contributed by atoms with Gasteiger partial charge in [-0.2, -0.15) is 0 Å². The van der Waals surface area contributed by atoms with Crippen LogP contribution in [0.15, 0.2) is 24.4 Å². The molecule has 0 bridgehead atoms. The van der Waals surface area contributed by atoms with Gasteiger partial charge in [0.1, 0.15) is 17.2 Å². The standard InChI is InChI=1S/C16H16N2O3S/c1-9-4-5-10(2)13(6-9)21-8-12-14(15(19)20)22-16-17-7-11(3)18(12)16/h4-7H,8H2,1-3H3,(H,19,20). The van der Waals surface area contributed by atoms with Crippen LogP contribution >= 0.6 is 11.3 Å². The number of carboxylic acid groups (broad SMARTS) is 1. The maximum absolute atomic E-state index is 11.4. The third kappa shape index (κ3) is 2.46. The second-order valence-corrected chi connectivity index (χ2v) is 6.24. The summed E-state index contributed by atoms with van der Waals surface area (Å²) in [7, 11) is 0. The number of aromatic carboxylic acids is 1. The van der Waals surface area contributed by atoms with E-state index in [1.165, 1.54) is 11.3 Å². The highest BCUT2D eigenvalue weighted by Gasteiger charge is 2.20. The Morgan fingerprint density at radius 2 is 2.14 bits per heavy atom. The first-order valence-electron chi connectivity index (χ1n) is 6.86. The Labute approximate surface area is 131 Å². The first kappa shape index (κ1) is 14.6. The van der Waals surface area contributed by atoms with Crippen LogP contribution in [0, 0.1) is 20.8 Å². The van der Waals surface area contributed by atoms with Crippen molar-refractivity contribution in [3.63, 3.8) is 0 Å². The maximum Gasteiger partial charge on any atom is 0.347 e. The van der Waals surface area contributed by atoms with Gasteiger partial charge in [0, 0.05) is 11.9 Å². The van der Waals surface area contributed by atoms with Crippen LogP contribution < -0.4 is 4.74 Å². The predicted molar refractivity (Wildman–Crippen MR) is 85.0 cm³/mol. The molecule has 1 N–H and O–H groups in total. The third-order valence-electron chi connectivity index (χ3n) is 3.53. The molecule has 1 aromatic carbocycles. The molecule has 0 aliphatic heterocycles. The lowest BCUT2D eigenvalue weighted by molar-refractivity contribution is 0.0698. The number of hydrogen-bond acceptors (Lipinski definition) is 4. The number of fused-ring (bicyclic) bond motifs is 1. The van der Waals surface area contributed by atoms with Crippen molar-refractivity contribution in [1.29, 1.82) is 0 Å². The lowest BCUT2D eigenvalue weighted by Crippen LogP contribution is -2.07. The van der Waals surface area contributed by atoms with E-state index in [0.29, 0.717) is 10.7 Å². The van der Waals surface area contributed by atoms with E-state index in [1.807, 2.05) is 43.4 Å². The third-order valence-corrected chi connectivity index (χ3v) is 4.62. The van der Waals surface area contributed by atoms with E-state index in [1.54, 1.807) is 6.20 Å². The lowest BCUT2D eigenvalue weighted by atomic mass is 10.1. The summed E-state index contributed by atoms with van der Waals surface area (Å²) in [6.07, 6.45) is 1.73. The Morgan fingerprint density at radius 3 is 2.86 bits per heavy atom. The quantitative estimate of drug-likeness (QED) is 0.799. The number of rotatable bonds is 4. The van der Waals surface area contributed by atoms with E-state index in [4.69, 9.17) is 4.74 Å². The molecule has 0 aliphatic rings. The highest BCUT2D eigenvalue weighted by atomic mass is 32.1. The average molecular weight is 316 g/mol. The lowest BCUT2D eigenvalue weighted by Gasteiger charge is -2.10. The first-order chi connectivity index (χ1) is 10.5.